The number of rotatable bonds is 11. The number of carbonyl (C=O) groups is 1. The minimum Gasteiger partial charge on any atom is -0.462 e. The second kappa shape index (κ2) is 14.7. The van der Waals surface area contributed by atoms with E-state index in [1.165, 1.54) is 77.3 Å². The Labute approximate surface area is 248 Å². The number of hydrogen-bond donors (Lipinski definition) is 0. The lowest BCUT2D eigenvalue weighted by atomic mass is 9.68. The SMILES string of the molecule is C=C(C)C(=O)OCC(C)c1c(F)cc(-c2c(F)cc(C3CCC(C4CCC(CCCCC)CC4)CC3)cc2F)cc1F. The zero-order valence-corrected chi connectivity index (χ0v) is 25.4. The fourth-order valence-corrected chi connectivity index (χ4v) is 7.27. The first-order valence-electron chi connectivity index (χ1n) is 15.9. The van der Waals surface area contributed by atoms with Gasteiger partial charge in [-0.05, 0) is 105 Å². The lowest BCUT2D eigenvalue weighted by Gasteiger charge is -2.38. The summed E-state index contributed by atoms with van der Waals surface area (Å²) in [7, 11) is 0. The average Bonchev–Trinajstić information content (AvgIpc) is 2.95. The molecule has 0 bridgehead atoms. The second-order valence-electron chi connectivity index (χ2n) is 12.9. The van der Waals surface area contributed by atoms with Crippen LogP contribution in [0.3, 0.4) is 0 Å². The number of unbranched alkanes of at least 4 members (excludes halogenated alkanes) is 2. The summed E-state index contributed by atoms with van der Waals surface area (Å²) in [6, 6.07) is 4.57. The zero-order valence-electron chi connectivity index (χ0n) is 25.4. The van der Waals surface area contributed by atoms with Crippen LogP contribution in [0.5, 0.6) is 0 Å². The van der Waals surface area contributed by atoms with Crippen molar-refractivity contribution in [3.63, 3.8) is 0 Å². The van der Waals surface area contributed by atoms with Gasteiger partial charge in [-0.25, -0.2) is 22.4 Å². The molecule has 0 saturated heterocycles. The number of hydrogen-bond acceptors (Lipinski definition) is 2. The standard InChI is InChI=1S/C36H46F4O2/c1-5-6-7-8-24-9-11-25(12-10-24)26-13-15-27(16-14-26)28-17-32(39)35(33(40)18-28)29-19-30(37)34(31(38)20-29)23(4)21-42-36(41)22(2)3/h17-20,23-27H,2,5-16,21H2,1,3-4H3. The number of ether oxygens (including phenoxy) is 1. The minimum atomic E-state index is -0.944. The van der Waals surface area contributed by atoms with Crippen molar-refractivity contribution in [3.8, 4) is 11.1 Å². The quantitative estimate of drug-likeness (QED) is 0.113. The Kier molecular flexibility index (Phi) is 11.3. The van der Waals surface area contributed by atoms with E-state index in [4.69, 9.17) is 4.74 Å². The Bertz CT molecular complexity index is 1190. The lowest BCUT2D eigenvalue weighted by molar-refractivity contribution is -0.139. The van der Waals surface area contributed by atoms with E-state index in [0.717, 1.165) is 49.7 Å². The maximum Gasteiger partial charge on any atom is 0.333 e. The number of benzene rings is 2. The average molecular weight is 587 g/mol. The molecule has 0 radical (unpaired) electrons. The topological polar surface area (TPSA) is 26.3 Å². The van der Waals surface area contributed by atoms with Crippen LogP contribution < -0.4 is 0 Å². The van der Waals surface area contributed by atoms with Gasteiger partial charge in [0.15, 0.2) is 0 Å². The second-order valence-corrected chi connectivity index (χ2v) is 12.9. The van der Waals surface area contributed by atoms with Crippen molar-refractivity contribution in [2.75, 3.05) is 6.61 Å². The first-order valence-corrected chi connectivity index (χ1v) is 15.9. The summed E-state index contributed by atoms with van der Waals surface area (Å²) >= 11 is 0. The number of halogens is 4. The Balaban J connectivity index is 1.38. The van der Waals surface area contributed by atoms with E-state index in [-0.39, 0.29) is 29.2 Å². The molecule has 6 heteroatoms. The minimum absolute atomic E-state index is 0.0864. The van der Waals surface area contributed by atoms with Crippen molar-refractivity contribution in [2.45, 2.75) is 110 Å². The van der Waals surface area contributed by atoms with Crippen molar-refractivity contribution in [1.82, 2.24) is 0 Å². The van der Waals surface area contributed by atoms with Crippen molar-refractivity contribution in [3.05, 3.63) is 70.8 Å². The molecule has 2 fully saturated rings. The van der Waals surface area contributed by atoms with E-state index in [2.05, 4.69) is 13.5 Å². The van der Waals surface area contributed by atoms with E-state index in [0.29, 0.717) is 11.5 Å². The van der Waals surface area contributed by atoms with E-state index in [9.17, 15) is 4.79 Å². The van der Waals surface area contributed by atoms with Gasteiger partial charge in [0.2, 0.25) is 0 Å². The van der Waals surface area contributed by atoms with Gasteiger partial charge in [-0.1, -0.05) is 59.0 Å². The summed E-state index contributed by atoms with van der Waals surface area (Å²) in [6.45, 7) is 8.47. The van der Waals surface area contributed by atoms with Gasteiger partial charge >= 0.3 is 5.97 Å². The third-order valence-corrected chi connectivity index (χ3v) is 9.76. The van der Waals surface area contributed by atoms with Crippen LogP contribution in [0.1, 0.15) is 121 Å². The maximum absolute atomic E-state index is 15.3. The Morgan fingerprint density at radius 1 is 0.857 bits per heavy atom. The fourth-order valence-electron chi connectivity index (χ4n) is 7.27. The van der Waals surface area contributed by atoms with Gasteiger partial charge in [0.25, 0.3) is 0 Å². The first-order chi connectivity index (χ1) is 20.1. The molecule has 2 nitrogen and oxygen atoms in total. The molecule has 42 heavy (non-hydrogen) atoms. The van der Waals surface area contributed by atoms with Gasteiger partial charge in [0, 0.05) is 17.1 Å². The molecule has 2 aromatic rings. The predicted octanol–water partition coefficient (Wildman–Crippen LogP) is 10.8. The zero-order chi connectivity index (χ0) is 30.4. The highest BCUT2D eigenvalue weighted by Gasteiger charge is 2.32. The van der Waals surface area contributed by atoms with E-state index in [1.807, 2.05) is 0 Å². The molecule has 1 atom stereocenters. The third-order valence-electron chi connectivity index (χ3n) is 9.76. The molecule has 2 aromatic carbocycles. The molecule has 0 aromatic heterocycles. The molecule has 230 valence electrons. The summed E-state index contributed by atoms with van der Waals surface area (Å²) < 4.78 is 65.7. The van der Waals surface area contributed by atoms with Crippen molar-refractivity contribution in [2.24, 2.45) is 17.8 Å². The highest BCUT2D eigenvalue weighted by atomic mass is 19.1. The third kappa shape index (κ3) is 7.85. The lowest BCUT2D eigenvalue weighted by Crippen LogP contribution is -2.25. The fraction of sp³-hybridized carbons (Fsp3) is 0.583. The number of carbonyl (C=O) groups excluding carboxylic acids is 1. The van der Waals surface area contributed by atoms with Crippen molar-refractivity contribution < 1.29 is 27.1 Å². The number of esters is 1. The van der Waals surface area contributed by atoms with Crippen LogP contribution in [-0.4, -0.2) is 12.6 Å². The monoisotopic (exact) mass is 586 g/mol. The van der Waals surface area contributed by atoms with E-state index < -0.39 is 40.7 Å². The van der Waals surface area contributed by atoms with Gasteiger partial charge in [-0.15, -0.1) is 0 Å². The van der Waals surface area contributed by atoms with Gasteiger partial charge in [0.1, 0.15) is 23.3 Å². The van der Waals surface area contributed by atoms with Crippen LogP contribution in [0.4, 0.5) is 17.6 Å². The molecule has 0 heterocycles. The molecular formula is C36H46F4O2. The normalized spacial score (nSPS) is 23.4. The molecule has 2 aliphatic rings. The van der Waals surface area contributed by atoms with Crippen LogP contribution in [-0.2, 0) is 9.53 Å². The summed E-state index contributed by atoms with van der Waals surface area (Å²) in [5.74, 6) is -2.52. The van der Waals surface area contributed by atoms with Crippen LogP contribution in [0.25, 0.3) is 11.1 Å². The highest BCUT2D eigenvalue weighted by molar-refractivity contribution is 5.86. The molecular weight excluding hydrogens is 540 g/mol. The van der Waals surface area contributed by atoms with Gasteiger partial charge in [-0.3, -0.25) is 0 Å². The summed E-state index contributed by atoms with van der Waals surface area (Å²) in [5.41, 5.74) is -0.134. The summed E-state index contributed by atoms with van der Waals surface area (Å²) in [5, 5.41) is 0. The highest BCUT2D eigenvalue weighted by Crippen LogP contribution is 2.45. The van der Waals surface area contributed by atoms with Crippen molar-refractivity contribution >= 4 is 5.97 Å². The molecule has 0 aliphatic heterocycles. The van der Waals surface area contributed by atoms with Gasteiger partial charge in [0.05, 0.1) is 12.2 Å². The van der Waals surface area contributed by atoms with Gasteiger partial charge in [-0.2, -0.15) is 0 Å². The molecule has 0 N–H and O–H groups in total. The van der Waals surface area contributed by atoms with Crippen molar-refractivity contribution in [1.29, 1.82) is 0 Å². The predicted molar refractivity (Wildman–Crippen MR) is 160 cm³/mol. The van der Waals surface area contributed by atoms with Crippen LogP contribution in [0.15, 0.2) is 36.4 Å². The molecule has 1 unspecified atom stereocenters. The molecule has 0 amide bonds. The summed E-state index contributed by atoms with van der Waals surface area (Å²) in [4.78, 5) is 11.6. The Morgan fingerprint density at radius 2 is 1.40 bits per heavy atom. The smallest absolute Gasteiger partial charge is 0.333 e. The summed E-state index contributed by atoms with van der Waals surface area (Å²) in [6.07, 6.45) is 14.6. The maximum atomic E-state index is 15.3. The largest absolute Gasteiger partial charge is 0.462 e. The van der Waals surface area contributed by atoms with E-state index in [1.54, 1.807) is 0 Å². The van der Waals surface area contributed by atoms with Crippen LogP contribution in [0.2, 0.25) is 0 Å². The Hall–Kier alpha value is -2.63. The van der Waals surface area contributed by atoms with Gasteiger partial charge < -0.3 is 4.74 Å². The van der Waals surface area contributed by atoms with Crippen LogP contribution in [0, 0.1) is 41.0 Å². The first kappa shape index (κ1) is 32.3. The van der Waals surface area contributed by atoms with Crippen LogP contribution >= 0.6 is 0 Å². The van der Waals surface area contributed by atoms with E-state index >= 15 is 17.6 Å². The molecule has 2 saturated carbocycles. The Morgan fingerprint density at radius 3 is 1.93 bits per heavy atom. The molecule has 4 rings (SSSR count). The molecule has 0 spiro atoms. The molecule has 2 aliphatic carbocycles.